The van der Waals surface area contributed by atoms with Gasteiger partial charge in [-0.25, -0.2) is 4.79 Å². The average Bonchev–Trinajstić information content (AvgIpc) is 2.90. The Balaban J connectivity index is 0.00000742. The smallest absolute Gasteiger partial charge is 0.404 e. The first-order chi connectivity index (χ1) is 18.9. The Kier molecular flexibility index (Phi) is 18.5. The highest BCUT2D eigenvalue weighted by molar-refractivity contribution is 6.29. The summed E-state index contributed by atoms with van der Waals surface area (Å²) in [5.41, 5.74) is 6.89. The van der Waals surface area contributed by atoms with Gasteiger partial charge in [0.2, 0.25) is 11.8 Å². The SMILES string of the molecule is C/C(Cl)=C\CC(C/C=C\NC(=O)C(NC(=O)\C=C/C=C\C(C)=C\Cc1ccccc1)C(C)(C)C)OC(N)=O.CC. The Labute approximate surface area is 245 Å². The lowest BCUT2D eigenvalue weighted by Gasteiger charge is -2.29. The Morgan fingerprint density at radius 2 is 1.62 bits per heavy atom. The first-order valence-electron chi connectivity index (χ1n) is 13.5. The molecular formula is C32H46ClN3O4. The highest BCUT2D eigenvalue weighted by atomic mass is 35.5. The number of carbonyl (C=O) groups excluding carboxylic acids is 3. The number of nitrogens with one attached hydrogen (secondary N) is 2. The third-order valence-corrected chi connectivity index (χ3v) is 5.48. The van der Waals surface area contributed by atoms with Crippen molar-refractivity contribution in [1.29, 1.82) is 0 Å². The summed E-state index contributed by atoms with van der Waals surface area (Å²) in [6, 6.07) is 9.38. The van der Waals surface area contributed by atoms with Gasteiger partial charge >= 0.3 is 6.09 Å². The Bertz CT molecular complexity index is 1060. The van der Waals surface area contributed by atoms with Gasteiger partial charge in [0.1, 0.15) is 12.1 Å². The predicted octanol–water partition coefficient (Wildman–Crippen LogP) is 6.86. The number of allylic oxidation sites excluding steroid dienone is 6. The molecule has 1 aromatic carbocycles. The van der Waals surface area contributed by atoms with Crippen molar-refractivity contribution in [2.24, 2.45) is 11.1 Å². The summed E-state index contributed by atoms with van der Waals surface area (Å²) in [6.45, 7) is 13.3. The van der Waals surface area contributed by atoms with Gasteiger partial charge in [0.15, 0.2) is 0 Å². The molecule has 0 saturated heterocycles. The number of carbonyl (C=O) groups is 3. The fourth-order valence-electron chi connectivity index (χ4n) is 3.27. The van der Waals surface area contributed by atoms with Gasteiger partial charge in [-0.3, -0.25) is 9.59 Å². The van der Waals surface area contributed by atoms with Crippen molar-refractivity contribution < 1.29 is 19.1 Å². The number of hydrogen-bond acceptors (Lipinski definition) is 4. The van der Waals surface area contributed by atoms with E-state index in [9.17, 15) is 14.4 Å². The van der Waals surface area contributed by atoms with Crippen LogP contribution in [0.2, 0.25) is 0 Å². The van der Waals surface area contributed by atoms with Crippen molar-refractivity contribution in [2.75, 3.05) is 0 Å². The first kappa shape index (κ1) is 36.4. The molecule has 0 spiro atoms. The molecule has 0 saturated carbocycles. The summed E-state index contributed by atoms with van der Waals surface area (Å²) in [5, 5.41) is 6.03. The Morgan fingerprint density at radius 1 is 1.00 bits per heavy atom. The van der Waals surface area contributed by atoms with Crippen molar-refractivity contribution in [3.05, 3.63) is 95.2 Å². The van der Waals surface area contributed by atoms with Crippen LogP contribution in [0.3, 0.4) is 0 Å². The number of primary amides is 1. The molecule has 7 nitrogen and oxygen atoms in total. The number of halogens is 1. The molecule has 0 bridgehead atoms. The van der Waals surface area contributed by atoms with E-state index < -0.39 is 23.7 Å². The molecule has 3 amide bonds. The van der Waals surface area contributed by atoms with Crippen LogP contribution in [0.1, 0.15) is 66.9 Å². The van der Waals surface area contributed by atoms with Crippen molar-refractivity contribution in [2.45, 2.75) is 79.9 Å². The maximum absolute atomic E-state index is 12.8. The largest absolute Gasteiger partial charge is 0.446 e. The van der Waals surface area contributed by atoms with Crippen molar-refractivity contribution in [3.8, 4) is 0 Å². The number of rotatable bonds is 13. The lowest BCUT2D eigenvalue weighted by molar-refractivity contribution is -0.129. The average molecular weight is 572 g/mol. The van der Waals surface area contributed by atoms with Crippen LogP contribution in [-0.2, 0) is 20.7 Å². The van der Waals surface area contributed by atoms with E-state index in [4.69, 9.17) is 22.1 Å². The number of ether oxygens (including phenoxy) is 1. The lowest BCUT2D eigenvalue weighted by Crippen LogP contribution is -2.52. The minimum atomic E-state index is -0.884. The van der Waals surface area contributed by atoms with E-state index in [1.54, 1.807) is 31.2 Å². The summed E-state index contributed by atoms with van der Waals surface area (Å²) in [4.78, 5) is 36.4. The van der Waals surface area contributed by atoms with E-state index in [0.29, 0.717) is 17.9 Å². The monoisotopic (exact) mass is 571 g/mol. The van der Waals surface area contributed by atoms with Crippen LogP contribution in [0.5, 0.6) is 0 Å². The molecule has 0 aliphatic rings. The number of benzene rings is 1. The molecular weight excluding hydrogens is 526 g/mol. The second-order valence-corrected chi connectivity index (χ2v) is 10.5. The molecule has 0 aliphatic carbocycles. The van der Waals surface area contributed by atoms with Gasteiger partial charge in [-0.15, -0.1) is 0 Å². The van der Waals surface area contributed by atoms with Crippen molar-refractivity contribution in [3.63, 3.8) is 0 Å². The number of hydrogen-bond donors (Lipinski definition) is 3. The summed E-state index contributed by atoms with van der Waals surface area (Å²) in [5.74, 6) is -0.743. The van der Waals surface area contributed by atoms with Crippen LogP contribution in [0.15, 0.2) is 89.7 Å². The van der Waals surface area contributed by atoms with Gasteiger partial charge in [0, 0.05) is 23.9 Å². The van der Waals surface area contributed by atoms with E-state index >= 15 is 0 Å². The van der Waals surface area contributed by atoms with E-state index in [1.165, 1.54) is 17.8 Å². The molecule has 2 unspecified atom stereocenters. The van der Waals surface area contributed by atoms with Crippen LogP contribution in [0.4, 0.5) is 4.79 Å². The molecule has 2 atom stereocenters. The number of nitrogens with two attached hydrogens (primary N) is 1. The van der Waals surface area contributed by atoms with Crippen LogP contribution in [-0.4, -0.2) is 30.1 Å². The number of amides is 3. The van der Waals surface area contributed by atoms with Crippen molar-refractivity contribution in [1.82, 2.24) is 10.6 Å². The van der Waals surface area contributed by atoms with Gasteiger partial charge in [-0.1, -0.05) is 119 Å². The van der Waals surface area contributed by atoms with Gasteiger partial charge in [0.05, 0.1) is 0 Å². The van der Waals surface area contributed by atoms with E-state index in [1.807, 2.05) is 65.8 Å². The summed E-state index contributed by atoms with van der Waals surface area (Å²) >= 11 is 5.84. The van der Waals surface area contributed by atoms with Crippen molar-refractivity contribution >= 4 is 29.5 Å². The zero-order chi connectivity index (χ0) is 30.6. The zero-order valence-corrected chi connectivity index (χ0v) is 25.6. The molecule has 40 heavy (non-hydrogen) atoms. The van der Waals surface area contributed by atoms with Crippen LogP contribution in [0, 0.1) is 5.41 Å². The zero-order valence-electron chi connectivity index (χ0n) is 24.9. The van der Waals surface area contributed by atoms with E-state index in [2.05, 4.69) is 28.8 Å². The fraction of sp³-hybridized carbons (Fsp3) is 0.406. The third-order valence-electron chi connectivity index (χ3n) is 5.32. The first-order valence-corrected chi connectivity index (χ1v) is 13.9. The highest BCUT2D eigenvalue weighted by Crippen LogP contribution is 2.19. The molecule has 220 valence electrons. The molecule has 0 radical (unpaired) electrons. The Morgan fingerprint density at radius 3 is 2.20 bits per heavy atom. The molecule has 1 aromatic rings. The predicted molar refractivity (Wildman–Crippen MR) is 165 cm³/mol. The molecule has 0 aromatic heterocycles. The van der Waals surface area contributed by atoms with Gasteiger partial charge in [-0.05, 0) is 37.4 Å². The Hall–Kier alpha value is -3.58. The quantitative estimate of drug-likeness (QED) is 0.177. The minimum Gasteiger partial charge on any atom is -0.446 e. The lowest BCUT2D eigenvalue weighted by atomic mass is 9.86. The summed E-state index contributed by atoms with van der Waals surface area (Å²) in [7, 11) is 0. The van der Waals surface area contributed by atoms with E-state index in [-0.39, 0.29) is 11.8 Å². The third kappa shape index (κ3) is 17.8. The molecule has 0 heterocycles. The summed E-state index contributed by atoms with van der Waals surface area (Å²) in [6.07, 6.45) is 13.8. The fourth-order valence-corrected chi connectivity index (χ4v) is 3.36. The second kappa shape index (κ2) is 20.3. The molecule has 0 aliphatic heterocycles. The van der Waals surface area contributed by atoms with Crippen LogP contribution in [0.25, 0.3) is 0 Å². The maximum Gasteiger partial charge on any atom is 0.404 e. The second-order valence-electron chi connectivity index (χ2n) is 9.90. The standard InChI is InChI=1S/C30H40ClN3O4.C2H6/c1-22(17-19-24-13-7-6-8-14-24)12-9-10-16-26(35)34-27(30(3,4)5)28(36)33-21-11-15-25(38-29(32)37)20-18-23(2)31;1-2/h6-14,16-18,21,25,27H,15,19-20H2,1-5H3,(H2,32,37)(H,33,36)(H,34,35);1-2H3/b12-9-,16-10-,21-11-,22-17+,23-18+;. The molecule has 1 rings (SSSR count). The van der Waals surface area contributed by atoms with Gasteiger partial charge < -0.3 is 21.1 Å². The van der Waals surface area contributed by atoms with Gasteiger partial charge in [0.25, 0.3) is 0 Å². The van der Waals surface area contributed by atoms with Gasteiger partial charge in [-0.2, -0.15) is 0 Å². The highest BCUT2D eigenvalue weighted by Gasteiger charge is 2.31. The van der Waals surface area contributed by atoms with Crippen LogP contribution < -0.4 is 16.4 Å². The molecule has 8 heteroatoms. The van der Waals surface area contributed by atoms with E-state index in [0.717, 1.165) is 12.0 Å². The summed E-state index contributed by atoms with van der Waals surface area (Å²) < 4.78 is 5.06. The molecule has 4 N–H and O–H groups in total. The minimum absolute atomic E-state index is 0.324. The topological polar surface area (TPSA) is 111 Å². The molecule has 0 fully saturated rings. The normalized spacial score (nSPS) is 14.0. The van der Waals surface area contributed by atoms with Crippen LogP contribution >= 0.6 is 11.6 Å². The maximum atomic E-state index is 12.8.